The van der Waals surface area contributed by atoms with Crippen molar-refractivity contribution in [3.63, 3.8) is 0 Å². The summed E-state index contributed by atoms with van der Waals surface area (Å²) in [6, 6.07) is 15.6. The minimum absolute atomic E-state index is 0.120. The van der Waals surface area contributed by atoms with Crippen molar-refractivity contribution in [3.05, 3.63) is 89.2 Å². The molecule has 0 aliphatic heterocycles. The molecule has 0 unspecified atom stereocenters. The molecule has 2 amide bonds. The molecule has 31 heavy (non-hydrogen) atoms. The monoisotopic (exact) mass is 441 g/mol. The normalized spacial score (nSPS) is 10.9. The quantitative estimate of drug-likeness (QED) is 0.544. The third-order valence-corrected chi connectivity index (χ3v) is 5.98. The molecule has 0 saturated carbocycles. The van der Waals surface area contributed by atoms with Gasteiger partial charge in [0.15, 0.2) is 0 Å². The van der Waals surface area contributed by atoms with E-state index in [1.807, 2.05) is 0 Å². The van der Waals surface area contributed by atoms with Gasteiger partial charge in [-0.1, -0.05) is 18.2 Å². The number of nitrogens with one attached hydrogen (secondary N) is 3. The summed E-state index contributed by atoms with van der Waals surface area (Å²) in [4.78, 5) is 24.4. The van der Waals surface area contributed by atoms with E-state index in [0.717, 1.165) is 6.07 Å². The number of halogens is 1. The first-order chi connectivity index (χ1) is 14.7. The molecule has 160 valence electrons. The van der Waals surface area contributed by atoms with Crippen LogP contribution in [0.4, 0.5) is 15.8 Å². The molecule has 0 aliphatic rings. The first kappa shape index (κ1) is 22.0. The topological polar surface area (TPSA) is 104 Å². The summed E-state index contributed by atoms with van der Waals surface area (Å²) < 4.78 is 40.9. The van der Waals surface area contributed by atoms with Gasteiger partial charge in [-0.2, -0.15) is 0 Å². The van der Waals surface area contributed by atoms with Gasteiger partial charge >= 0.3 is 0 Å². The molecule has 3 aromatic carbocycles. The van der Waals surface area contributed by atoms with Gasteiger partial charge in [0.25, 0.3) is 21.8 Å². The number of hydrogen-bond acceptors (Lipinski definition) is 4. The van der Waals surface area contributed by atoms with Crippen LogP contribution < -0.4 is 15.4 Å². The van der Waals surface area contributed by atoms with Gasteiger partial charge in [-0.3, -0.25) is 14.3 Å². The van der Waals surface area contributed by atoms with Crippen LogP contribution >= 0.6 is 0 Å². The molecule has 0 atom stereocenters. The van der Waals surface area contributed by atoms with Crippen LogP contribution in [0.5, 0.6) is 0 Å². The van der Waals surface area contributed by atoms with E-state index < -0.39 is 21.7 Å². The van der Waals surface area contributed by atoms with Crippen LogP contribution in [0.3, 0.4) is 0 Å². The average molecular weight is 441 g/mol. The maximum Gasteiger partial charge on any atom is 0.261 e. The van der Waals surface area contributed by atoms with Gasteiger partial charge < -0.3 is 10.6 Å². The Morgan fingerprint density at radius 2 is 1.48 bits per heavy atom. The van der Waals surface area contributed by atoms with Crippen LogP contribution in [0, 0.1) is 12.7 Å². The van der Waals surface area contributed by atoms with Gasteiger partial charge in [0, 0.05) is 23.9 Å². The number of rotatable bonds is 6. The van der Waals surface area contributed by atoms with E-state index >= 15 is 0 Å². The summed E-state index contributed by atoms with van der Waals surface area (Å²) in [5.41, 5.74) is 1.54. The number of para-hydroxylation sites is 1. The van der Waals surface area contributed by atoms with Gasteiger partial charge in [-0.15, -0.1) is 0 Å². The molecule has 9 heteroatoms. The Kier molecular flexibility index (Phi) is 6.36. The molecule has 0 radical (unpaired) electrons. The molecule has 0 fully saturated rings. The molecule has 0 aliphatic carbocycles. The predicted molar refractivity (Wildman–Crippen MR) is 116 cm³/mol. The van der Waals surface area contributed by atoms with Crippen LogP contribution in [-0.2, 0) is 10.0 Å². The number of benzene rings is 3. The van der Waals surface area contributed by atoms with Crippen molar-refractivity contribution in [3.8, 4) is 0 Å². The third-order valence-electron chi connectivity index (χ3n) is 4.60. The molecule has 0 bridgehead atoms. The van der Waals surface area contributed by atoms with Crippen molar-refractivity contribution in [2.75, 3.05) is 17.1 Å². The van der Waals surface area contributed by atoms with E-state index in [2.05, 4.69) is 15.4 Å². The van der Waals surface area contributed by atoms with Gasteiger partial charge in [-0.05, 0) is 61.0 Å². The van der Waals surface area contributed by atoms with Crippen molar-refractivity contribution in [2.24, 2.45) is 0 Å². The van der Waals surface area contributed by atoms with Crippen LogP contribution in [0.2, 0.25) is 0 Å². The molecule has 0 heterocycles. The summed E-state index contributed by atoms with van der Waals surface area (Å²) >= 11 is 0. The zero-order valence-corrected chi connectivity index (χ0v) is 17.6. The number of sulfonamides is 1. The fourth-order valence-corrected chi connectivity index (χ4v) is 3.95. The smallest absolute Gasteiger partial charge is 0.261 e. The van der Waals surface area contributed by atoms with Crippen LogP contribution in [0.1, 0.15) is 26.3 Å². The van der Waals surface area contributed by atoms with Gasteiger partial charge in [0.05, 0.1) is 10.6 Å². The van der Waals surface area contributed by atoms with Crippen molar-refractivity contribution in [1.29, 1.82) is 0 Å². The van der Waals surface area contributed by atoms with E-state index in [-0.39, 0.29) is 22.1 Å². The molecule has 3 N–H and O–H groups in total. The Balaban J connectivity index is 1.78. The molecular weight excluding hydrogens is 421 g/mol. The lowest BCUT2D eigenvalue weighted by molar-refractivity contribution is 0.0960. The van der Waals surface area contributed by atoms with Crippen LogP contribution in [0.15, 0.2) is 71.6 Å². The van der Waals surface area contributed by atoms with Crippen LogP contribution in [-0.4, -0.2) is 27.3 Å². The van der Waals surface area contributed by atoms with Gasteiger partial charge in [-0.25, -0.2) is 12.8 Å². The summed E-state index contributed by atoms with van der Waals surface area (Å²) in [5, 5.41) is 5.26. The molecular formula is C22H20FN3O4S. The Morgan fingerprint density at radius 3 is 2.13 bits per heavy atom. The lowest BCUT2D eigenvalue weighted by atomic mass is 10.1. The van der Waals surface area contributed by atoms with E-state index in [1.54, 1.807) is 25.1 Å². The number of amides is 2. The van der Waals surface area contributed by atoms with Crippen LogP contribution in [0.25, 0.3) is 0 Å². The van der Waals surface area contributed by atoms with E-state index in [0.29, 0.717) is 16.8 Å². The average Bonchev–Trinajstić information content (AvgIpc) is 2.76. The van der Waals surface area contributed by atoms with Crippen molar-refractivity contribution >= 4 is 33.2 Å². The SMILES string of the molecule is CNC(=O)c1cccc(NC(=O)c2ccc(S(=O)(=O)Nc3ccccc3F)cc2)c1C. The number of carbonyl (C=O) groups excluding carboxylic acids is 2. The summed E-state index contributed by atoms with van der Waals surface area (Å²) in [7, 11) is -2.51. The number of hydrogen-bond donors (Lipinski definition) is 3. The third kappa shape index (κ3) is 4.89. The second kappa shape index (κ2) is 8.97. The van der Waals surface area contributed by atoms with Crippen molar-refractivity contribution in [2.45, 2.75) is 11.8 Å². The zero-order valence-electron chi connectivity index (χ0n) is 16.8. The molecule has 3 rings (SSSR count). The highest BCUT2D eigenvalue weighted by Gasteiger charge is 2.18. The minimum Gasteiger partial charge on any atom is -0.355 e. The lowest BCUT2D eigenvalue weighted by Crippen LogP contribution is -2.20. The van der Waals surface area contributed by atoms with E-state index in [9.17, 15) is 22.4 Å². The van der Waals surface area contributed by atoms with Crippen molar-refractivity contribution in [1.82, 2.24) is 5.32 Å². The zero-order chi connectivity index (χ0) is 22.6. The first-order valence-corrected chi connectivity index (χ1v) is 10.7. The molecule has 0 aromatic heterocycles. The Labute approximate surface area is 179 Å². The number of anilines is 2. The molecule has 3 aromatic rings. The molecule has 7 nitrogen and oxygen atoms in total. The minimum atomic E-state index is -4.03. The number of carbonyl (C=O) groups is 2. The van der Waals surface area contributed by atoms with E-state index in [4.69, 9.17) is 0 Å². The van der Waals surface area contributed by atoms with Gasteiger partial charge in [0.2, 0.25) is 0 Å². The highest BCUT2D eigenvalue weighted by molar-refractivity contribution is 7.92. The summed E-state index contributed by atoms with van der Waals surface area (Å²) in [5.74, 6) is -1.44. The van der Waals surface area contributed by atoms with E-state index in [1.165, 1.54) is 49.5 Å². The second-order valence-electron chi connectivity index (χ2n) is 6.62. The fraction of sp³-hybridized carbons (Fsp3) is 0.0909. The fourth-order valence-electron chi connectivity index (χ4n) is 2.88. The largest absolute Gasteiger partial charge is 0.355 e. The Morgan fingerprint density at radius 1 is 0.839 bits per heavy atom. The van der Waals surface area contributed by atoms with Gasteiger partial charge in [0.1, 0.15) is 5.82 Å². The standard InChI is InChI=1S/C22H20FN3O4S/c1-14-17(22(28)24-2)6-5-9-19(14)25-21(27)15-10-12-16(13-11-15)31(29,30)26-20-8-4-3-7-18(20)23/h3-13,26H,1-2H3,(H,24,28)(H,25,27). The Bertz CT molecular complexity index is 1240. The highest BCUT2D eigenvalue weighted by atomic mass is 32.2. The maximum absolute atomic E-state index is 13.7. The molecule has 0 spiro atoms. The molecule has 0 saturated heterocycles. The van der Waals surface area contributed by atoms with Crippen molar-refractivity contribution < 1.29 is 22.4 Å². The first-order valence-electron chi connectivity index (χ1n) is 9.23. The second-order valence-corrected chi connectivity index (χ2v) is 8.30. The predicted octanol–water partition coefficient (Wildman–Crippen LogP) is 3.55. The Hall–Kier alpha value is -3.72. The lowest BCUT2D eigenvalue weighted by Gasteiger charge is -2.12. The maximum atomic E-state index is 13.7. The summed E-state index contributed by atoms with van der Waals surface area (Å²) in [6.07, 6.45) is 0. The summed E-state index contributed by atoms with van der Waals surface area (Å²) in [6.45, 7) is 1.71. The highest BCUT2D eigenvalue weighted by Crippen LogP contribution is 2.22.